The summed E-state index contributed by atoms with van der Waals surface area (Å²) >= 11 is 0. The number of carbonyl (C=O) groups excluding carboxylic acids is 5. The Balaban J connectivity index is -0.000000248. The van der Waals surface area contributed by atoms with Gasteiger partial charge in [0.2, 0.25) is 28.8 Å². The van der Waals surface area contributed by atoms with Gasteiger partial charge in [-0.2, -0.15) is 65.9 Å². The van der Waals surface area contributed by atoms with Crippen molar-refractivity contribution in [1.29, 1.82) is 0 Å². The zero-order valence-corrected chi connectivity index (χ0v) is 81.6. The number of alkyl halides is 15. The Bertz CT molecular complexity index is 3910. The first-order chi connectivity index (χ1) is 61.5. The van der Waals surface area contributed by atoms with Gasteiger partial charge in [0.05, 0.1) is 79.1 Å². The Labute approximate surface area is 838 Å². The van der Waals surface area contributed by atoms with E-state index in [1.54, 1.807) is 48.5 Å². The molecule has 5 radical (unpaired) electrons. The van der Waals surface area contributed by atoms with E-state index in [0.717, 1.165) is 120 Å². The Morgan fingerprint density at radius 3 is 0.652 bits per heavy atom. The molecule has 0 spiro atoms. The molecule has 2 aromatic rings. The van der Waals surface area contributed by atoms with Gasteiger partial charge in [-0.15, -0.1) is 0 Å². The zero-order valence-electron chi connectivity index (χ0n) is 76.9. The van der Waals surface area contributed by atoms with E-state index in [0.29, 0.717) is 49.9 Å². The first-order valence-electron chi connectivity index (χ1n) is 44.2. The minimum atomic E-state index is -5.18. The van der Waals surface area contributed by atoms with Crippen molar-refractivity contribution >= 4 is 29.8 Å². The molecule has 0 heterocycles. The van der Waals surface area contributed by atoms with Crippen LogP contribution >= 0.6 is 0 Å². The standard InChI is InChI=1S/2C21H26F3NO4.C19H30F3NO3.C17H26F3NO3.C15H22F3NO3.5Cu/c1-4-6-7-15(5-2)14-29-17-10-8-16(9-11-17)12-13-28-20(27)18(25-3)19(26)21(22,23)24;1-3-4-5-6-7-8-14-28-17-11-9-16(10-12-17)13-15-29-20(27)18(25-2)19(26)21(22,23)24;1-3-4-5-6-7-8-9-10-11-12-13-14-15-26-18(25)16(23-2)17(24)19(20,21)22;1-3-4-5-6-7-8-9-10-11-12-13-24-16(23)14(21-2)15(22)17(18,19)20;1-3-4-5-6-7-8-9-10-11-22-14(21)12(19-2)13(20)15(16,17)18;;;;;/h8-11,15,26H,4-7,12-14H2,1-2H3;9-12,26H,3-8,13-15H2,1H3;24H,3-15H2,1H3;22H,3-13H2,1H3;20H,3-11H2,1H3;;;;;. The van der Waals surface area contributed by atoms with E-state index in [1.165, 1.54) is 128 Å². The number of aliphatic hydroxyl groups excluding tert-OH is 5. The smallest absolute Gasteiger partial charge is 0.438 e. The summed E-state index contributed by atoms with van der Waals surface area (Å²) in [5.41, 5.74) is -5.64. The molecule has 0 bridgehead atoms. The second-order valence-electron chi connectivity index (χ2n) is 29.9. The van der Waals surface area contributed by atoms with Crippen molar-refractivity contribution in [2.24, 2.45) is 5.92 Å². The van der Waals surface area contributed by atoms with Crippen LogP contribution in [-0.4, -0.2) is 133 Å². The van der Waals surface area contributed by atoms with Gasteiger partial charge in [0, 0.05) is 98.2 Å². The summed E-state index contributed by atoms with van der Waals surface area (Å²) in [6.45, 7) is 46.6. The number of ether oxygens (including phenoxy) is 7. The fourth-order valence-corrected chi connectivity index (χ4v) is 11.5. The van der Waals surface area contributed by atoms with Gasteiger partial charge in [0.25, 0.3) is 0 Å². The van der Waals surface area contributed by atoms with Gasteiger partial charge in [0.15, 0.2) is 0 Å². The van der Waals surface area contributed by atoms with Gasteiger partial charge in [0.1, 0.15) is 11.5 Å². The first-order valence-corrected chi connectivity index (χ1v) is 44.2. The van der Waals surface area contributed by atoms with Crippen LogP contribution in [-0.2, 0) is 146 Å². The molecule has 42 heteroatoms. The maximum Gasteiger partial charge on any atom is 0.438 e. The average molecular weight is 2190 g/mol. The molecule has 0 aromatic heterocycles. The molecular formula is C93H130Cu5F15N5O17. The van der Waals surface area contributed by atoms with E-state index in [4.69, 9.17) is 67.9 Å². The number of aliphatic hydroxyl groups is 5. The molecule has 135 heavy (non-hydrogen) atoms. The Kier molecular flexibility index (Phi) is 91.2. The second kappa shape index (κ2) is 86.4. The van der Waals surface area contributed by atoms with Crippen LogP contribution in [0.4, 0.5) is 65.9 Å². The summed E-state index contributed by atoms with van der Waals surface area (Å²) in [7, 11) is 0. The van der Waals surface area contributed by atoms with E-state index < -0.39 is 118 Å². The van der Waals surface area contributed by atoms with Crippen LogP contribution in [0.3, 0.4) is 0 Å². The predicted molar refractivity (Wildman–Crippen MR) is 460 cm³/mol. The summed E-state index contributed by atoms with van der Waals surface area (Å²) < 4.78 is 219. The van der Waals surface area contributed by atoms with Crippen LogP contribution in [0.25, 0.3) is 24.2 Å². The minimum Gasteiger partial charge on any atom is -0.515 e. The molecule has 2 aromatic carbocycles. The number of esters is 5. The van der Waals surface area contributed by atoms with Crippen LogP contribution < -0.4 is 9.47 Å². The summed E-state index contributed by atoms with van der Waals surface area (Å²) in [4.78, 5) is 69.3. The molecule has 22 nitrogen and oxygen atoms in total. The van der Waals surface area contributed by atoms with Gasteiger partial charge in [-0.05, 0) is 73.4 Å². The van der Waals surface area contributed by atoms with Crippen LogP contribution in [0.15, 0.2) is 106 Å². The van der Waals surface area contributed by atoms with Crippen molar-refractivity contribution < 1.29 is 234 Å². The molecule has 0 amide bonds. The van der Waals surface area contributed by atoms with E-state index in [9.17, 15) is 89.8 Å². The summed E-state index contributed by atoms with van der Waals surface area (Å²) in [5.74, 6) is -16.5. The molecule has 2 rings (SSSR count). The number of halogens is 15. The Morgan fingerprint density at radius 1 is 0.274 bits per heavy atom. The molecule has 0 saturated carbocycles. The van der Waals surface area contributed by atoms with Crippen molar-refractivity contribution in [3.63, 3.8) is 0 Å². The molecule has 0 aliphatic carbocycles. The van der Waals surface area contributed by atoms with E-state index >= 15 is 0 Å². The van der Waals surface area contributed by atoms with Crippen molar-refractivity contribution in [2.45, 2.75) is 342 Å². The summed E-state index contributed by atoms with van der Waals surface area (Å²) in [6.07, 6.45) is 18.8. The number of carbonyl (C=O) groups is 5. The quantitative estimate of drug-likeness (QED) is 0.00602. The van der Waals surface area contributed by atoms with Crippen LogP contribution in [0.5, 0.6) is 11.5 Å². The number of rotatable bonds is 59. The number of unbranched alkanes of at least 4 members (excludes halogenated alkanes) is 33. The Hall–Kier alpha value is -7.91. The van der Waals surface area contributed by atoms with E-state index in [1.807, 2.05) is 0 Å². The maximum atomic E-state index is 12.4. The largest absolute Gasteiger partial charge is 0.515 e. The molecule has 0 fully saturated rings. The zero-order chi connectivity index (χ0) is 98.8. The SMILES string of the molecule is [C-]#[N+]C(C(=O)OCCCCCCCCCC)=C(O)C(F)(F)F.[C-]#[N+]C(C(=O)OCCCCCCCCCCCC)=C(O)C(F)(F)F.[C-]#[N+]C(C(=O)OCCCCCCCCCCCCCC)=C(O)C(F)(F)F.[C-]#[N+]C(C(=O)OCCc1ccc(OCC(CC)CCCC)cc1)=C(O)C(F)(F)F.[C-]#[N+]C(C(=O)OCCc1ccc(OCCCCCCCC)cc1)=C(O)C(F)(F)F.[Cu].[Cu].[Cu].[Cu].[Cu]. The number of nitrogens with zero attached hydrogens (tertiary/aromatic N) is 5. The second-order valence-corrected chi connectivity index (χ2v) is 29.9. The molecule has 789 valence electrons. The third-order valence-electron chi connectivity index (χ3n) is 19.1. The molecule has 5 N–H and O–H groups in total. The molecule has 1 unspecified atom stereocenters. The van der Waals surface area contributed by atoms with Crippen molar-refractivity contribution in [3.05, 3.63) is 174 Å². The number of benzene rings is 2. The van der Waals surface area contributed by atoms with E-state index in [-0.39, 0.29) is 131 Å². The number of hydrogen-bond acceptors (Lipinski definition) is 17. The Morgan fingerprint density at radius 2 is 0.459 bits per heavy atom. The average Bonchev–Trinajstić information content (AvgIpc) is 0.870. The number of hydrogen-bond donors (Lipinski definition) is 5. The molecule has 0 aliphatic heterocycles. The maximum absolute atomic E-state index is 12.4. The summed E-state index contributed by atoms with van der Waals surface area (Å²) in [5, 5.41) is 44.4. The number of allylic oxidation sites excluding steroid dienone is 5. The monoisotopic (exact) mass is 2190 g/mol. The van der Waals surface area contributed by atoms with Crippen LogP contribution in [0.1, 0.15) is 310 Å². The van der Waals surface area contributed by atoms with Crippen LogP contribution in [0, 0.1) is 38.8 Å². The first kappa shape index (κ1) is 142. The normalized spacial score (nSPS) is 12.1. The van der Waals surface area contributed by atoms with Gasteiger partial charge in [-0.3, -0.25) is 24.0 Å². The van der Waals surface area contributed by atoms with E-state index in [2.05, 4.69) is 89.5 Å². The third kappa shape index (κ3) is 73.0. The van der Waals surface area contributed by atoms with Gasteiger partial charge in [-0.25, -0.2) is 24.2 Å². The molecule has 0 aliphatic rings. The fraction of sp³-hybridized carbons (Fsp3) is 0.656. The fourth-order valence-electron chi connectivity index (χ4n) is 11.5. The topological polar surface area (TPSA) is 273 Å². The van der Waals surface area contributed by atoms with Gasteiger partial charge in [-0.1, -0.05) is 291 Å². The predicted octanol–water partition coefficient (Wildman–Crippen LogP) is 28.5. The van der Waals surface area contributed by atoms with Crippen molar-refractivity contribution in [1.82, 2.24) is 0 Å². The third-order valence-corrected chi connectivity index (χ3v) is 19.1. The molecular weight excluding hydrogens is 2060 g/mol. The summed E-state index contributed by atoms with van der Waals surface area (Å²) in [6, 6.07) is 14.2. The van der Waals surface area contributed by atoms with Gasteiger partial charge >= 0.3 is 89.2 Å². The van der Waals surface area contributed by atoms with Crippen LogP contribution in [0.2, 0.25) is 0 Å². The van der Waals surface area contributed by atoms with Crippen molar-refractivity contribution in [2.75, 3.05) is 46.2 Å². The minimum absolute atomic E-state index is 0. The van der Waals surface area contributed by atoms with Crippen molar-refractivity contribution in [3.8, 4) is 11.5 Å². The molecule has 1 atom stereocenters. The molecule has 0 saturated heterocycles. The van der Waals surface area contributed by atoms with Gasteiger partial charge < -0.3 is 58.7 Å².